The van der Waals surface area contributed by atoms with E-state index in [4.69, 9.17) is 16.3 Å². The number of carbonyl (C=O) groups excluding carboxylic acids is 1. The molecule has 0 fully saturated rings. The van der Waals surface area contributed by atoms with E-state index in [1.807, 2.05) is 0 Å². The summed E-state index contributed by atoms with van der Waals surface area (Å²) in [5.41, 5.74) is 6.80. The number of carbonyl (C=O) groups is 1. The van der Waals surface area contributed by atoms with Gasteiger partial charge in [-0.1, -0.05) is 13.5 Å². The molecule has 0 saturated carbocycles. The first kappa shape index (κ1) is 28.6. The van der Waals surface area contributed by atoms with Crippen molar-refractivity contribution < 1.29 is 26.7 Å². The average molecular weight is 501 g/mol. The average Bonchev–Trinajstić information content (AvgIpc) is 2.73. The van der Waals surface area contributed by atoms with Crippen molar-refractivity contribution in [1.29, 1.82) is 0 Å². The zero-order valence-electron chi connectivity index (χ0n) is 19.6. The SMILES string of the molecule is C=C/C(F)=C\C(=C(/C)F)[C@@H](C)OC(=O)N/C(=C(/N)c1ccc(NS(C)(=O)=O)c(CC)n1)N(C)N. The van der Waals surface area contributed by atoms with E-state index in [0.29, 0.717) is 12.1 Å². The van der Waals surface area contributed by atoms with Gasteiger partial charge in [-0.2, -0.15) is 0 Å². The molecule has 0 saturated heterocycles. The minimum absolute atomic E-state index is 0.0507. The second kappa shape index (κ2) is 12.1. The lowest BCUT2D eigenvalue weighted by Gasteiger charge is -2.22. The van der Waals surface area contributed by atoms with Crippen LogP contribution in [0.25, 0.3) is 5.70 Å². The standard InChI is InChI=1S/C21H30F2N6O4S/c1-7-14(23)11-15(12(3)22)13(4)33-21(30)27-20(29(5)25)19(24)18-10-9-17(16(8-2)26-18)28-34(6,31)32/h7,9-11,13,28H,1,8,24-25H2,2-6H3,(H,27,30)/b14-11+,15-12-,20-19-/t13-/m1/s1. The lowest BCUT2D eigenvalue weighted by molar-refractivity contribution is 0.122. The van der Waals surface area contributed by atoms with Gasteiger partial charge >= 0.3 is 6.09 Å². The second-order valence-electron chi connectivity index (χ2n) is 7.19. The fourth-order valence-corrected chi connectivity index (χ4v) is 3.32. The zero-order chi connectivity index (χ0) is 26.2. The third kappa shape index (κ3) is 8.48. The monoisotopic (exact) mass is 500 g/mol. The number of hydrogen-bond donors (Lipinski definition) is 4. The molecule has 0 bridgehead atoms. The maximum atomic E-state index is 13.8. The molecule has 1 atom stereocenters. The Labute approximate surface area is 198 Å². The molecule has 13 heteroatoms. The highest BCUT2D eigenvalue weighted by Gasteiger charge is 2.20. The first-order valence-corrected chi connectivity index (χ1v) is 11.9. The summed E-state index contributed by atoms with van der Waals surface area (Å²) in [5.74, 6) is 4.15. The second-order valence-corrected chi connectivity index (χ2v) is 8.93. The number of nitrogens with two attached hydrogens (primary N) is 2. The number of pyridine rings is 1. The molecule has 0 spiro atoms. The number of hydrazine groups is 1. The molecular formula is C21H30F2N6O4S. The number of alkyl carbamates (subject to hydrolysis) is 1. The molecule has 34 heavy (non-hydrogen) atoms. The molecule has 1 heterocycles. The molecule has 1 aromatic rings. The maximum absolute atomic E-state index is 13.8. The highest BCUT2D eigenvalue weighted by Crippen LogP contribution is 2.21. The summed E-state index contributed by atoms with van der Waals surface area (Å²) in [7, 11) is -2.13. The van der Waals surface area contributed by atoms with Crippen LogP contribution in [-0.2, 0) is 21.2 Å². The number of rotatable bonds is 10. The number of amides is 1. The van der Waals surface area contributed by atoms with Crippen LogP contribution in [0.1, 0.15) is 32.2 Å². The predicted molar refractivity (Wildman–Crippen MR) is 127 cm³/mol. The van der Waals surface area contributed by atoms with Crippen molar-refractivity contribution >= 4 is 27.5 Å². The van der Waals surface area contributed by atoms with Gasteiger partial charge in [0.15, 0.2) is 5.82 Å². The first-order valence-electron chi connectivity index (χ1n) is 9.99. The number of halogens is 2. The summed E-state index contributed by atoms with van der Waals surface area (Å²) in [5, 5.41) is 3.37. The molecular weight excluding hydrogens is 470 g/mol. The summed E-state index contributed by atoms with van der Waals surface area (Å²) in [6.07, 6.45) is 0.941. The number of hydrogen-bond acceptors (Lipinski definition) is 8. The number of ether oxygens (including phenoxy) is 1. The quantitative estimate of drug-likeness (QED) is 0.217. The summed E-state index contributed by atoms with van der Waals surface area (Å²) < 4.78 is 58.0. The van der Waals surface area contributed by atoms with E-state index >= 15 is 0 Å². The van der Waals surface area contributed by atoms with E-state index in [1.165, 1.54) is 26.1 Å². The lowest BCUT2D eigenvalue weighted by Crippen LogP contribution is -2.40. The van der Waals surface area contributed by atoms with Gasteiger partial charge in [0.2, 0.25) is 10.0 Å². The first-order chi connectivity index (χ1) is 15.7. The molecule has 0 aromatic carbocycles. The van der Waals surface area contributed by atoms with Crippen LogP contribution in [0.4, 0.5) is 19.3 Å². The Hall–Kier alpha value is -3.45. The number of allylic oxidation sites excluding steroid dienone is 3. The number of aromatic nitrogens is 1. The highest BCUT2D eigenvalue weighted by molar-refractivity contribution is 7.92. The predicted octanol–water partition coefficient (Wildman–Crippen LogP) is 2.80. The van der Waals surface area contributed by atoms with Crippen LogP contribution >= 0.6 is 0 Å². The number of aryl methyl sites for hydroxylation is 1. The van der Waals surface area contributed by atoms with Crippen LogP contribution in [-0.4, -0.2) is 43.9 Å². The summed E-state index contributed by atoms with van der Waals surface area (Å²) in [6.45, 7) is 7.47. The zero-order valence-corrected chi connectivity index (χ0v) is 20.5. The van der Waals surface area contributed by atoms with Crippen molar-refractivity contribution in [3.05, 3.63) is 65.3 Å². The topological polar surface area (TPSA) is 153 Å². The molecule has 6 N–H and O–H groups in total. The molecule has 0 radical (unpaired) electrons. The molecule has 0 aliphatic carbocycles. The van der Waals surface area contributed by atoms with E-state index < -0.39 is 33.9 Å². The van der Waals surface area contributed by atoms with Crippen LogP contribution in [0.2, 0.25) is 0 Å². The van der Waals surface area contributed by atoms with Gasteiger partial charge in [-0.15, -0.1) is 0 Å². The van der Waals surface area contributed by atoms with Gasteiger partial charge in [-0.25, -0.2) is 32.8 Å². The van der Waals surface area contributed by atoms with Crippen LogP contribution < -0.4 is 21.6 Å². The third-order valence-electron chi connectivity index (χ3n) is 4.32. The Morgan fingerprint density at radius 3 is 2.47 bits per heavy atom. The molecule has 0 aliphatic rings. The number of nitrogens with one attached hydrogen (secondary N) is 2. The molecule has 0 aliphatic heterocycles. The van der Waals surface area contributed by atoms with Gasteiger partial charge < -0.3 is 10.5 Å². The molecule has 1 rings (SSSR count). The Balaban J connectivity index is 3.24. The van der Waals surface area contributed by atoms with E-state index in [9.17, 15) is 22.0 Å². The Bertz CT molecular complexity index is 1130. The van der Waals surface area contributed by atoms with Crippen LogP contribution in [0.5, 0.6) is 0 Å². The summed E-state index contributed by atoms with van der Waals surface area (Å²) in [6, 6.07) is 2.92. The van der Waals surface area contributed by atoms with E-state index in [-0.39, 0.29) is 28.5 Å². The van der Waals surface area contributed by atoms with Crippen molar-refractivity contribution in [1.82, 2.24) is 15.3 Å². The fraction of sp³-hybridized carbons (Fsp3) is 0.333. The van der Waals surface area contributed by atoms with E-state index in [0.717, 1.165) is 30.3 Å². The third-order valence-corrected chi connectivity index (χ3v) is 4.91. The van der Waals surface area contributed by atoms with Crippen molar-refractivity contribution in [3.8, 4) is 0 Å². The van der Waals surface area contributed by atoms with Crippen LogP contribution in [0.15, 0.2) is 53.9 Å². The van der Waals surface area contributed by atoms with Crippen LogP contribution in [0, 0.1) is 0 Å². The normalized spacial score (nSPS) is 14.4. The molecule has 1 aromatic heterocycles. The smallest absolute Gasteiger partial charge is 0.413 e. The van der Waals surface area contributed by atoms with Gasteiger partial charge in [0.1, 0.15) is 23.5 Å². The van der Waals surface area contributed by atoms with Crippen molar-refractivity contribution in [2.45, 2.75) is 33.3 Å². The fourth-order valence-electron chi connectivity index (χ4n) is 2.73. The Kier molecular flexibility index (Phi) is 10.2. The number of anilines is 1. The number of sulfonamides is 1. The summed E-state index contributed by atoms with van der Waals surface area (Å²) >= 11 is 0. The molecule has 188 valence electrons. The molecule has 0 unspecified atom stereocenters. The largest absolute Gasteiger partial charge is 0.441 e. The van der Waals surface area contributed by atoms with Crippen molar-refractivity contribution in [3.63, 3.8) is 0 Å². The van der Waals surface area contributed by atoms with Gasteiger partial charge in [-0.05, 0) is 44.6 Å². The highest BCUT2D eigenvalue weighted by atomic mass is 32.2. The number of nitrogens with zero attached hydrogens (tertiary/aromatic N) is 2. The lowest BCUT2D eigenvalue weighted by atomic mass is 10.1. The van der Waals surface area contributed by atoms with Crippen molar-refractivity contribution in [2.75, 3.05) is 18.0 Å². The van der Waals surface area contributed by atoms with Gasteiger partial charge in [-0.3, -0.25) is 15.0 Å². The maximum Gasteiger partial charge on any atom is 0.413 e. The Morgan fingerprint density at radius 1 is 1.38 bits per heavy atom. The Morgan fingerprint density at radius 2 is 2.00 bits per heavy atom. The summed E-state index contributed by atoms with van der Waals surface area (Å²) in [4.78, 5) is 16.8. The van der Waals surface area contributed by atoms with Gasteiger partial charge in [0.25, 0.3) is 0 Å². The van der Waals surface area contributed by atoms with E-state index in [1.54, 1.807) is 6.92 Å². The minimum atomic E-state index is -3.52. The molecule has 1 amide bonds. The van der Waals surface area contributed by atoms with Gasteiger partial charge in [0, 0.05) is 12.6 Å². The van der Waals surface area contributed by atoms with Gasteiger partial charge in [0.05, 0.1) is 23.3 Å². The molecule has 10 nitrogen and oxygen atoms in total. The van der Waals surface area contributed by atoms with Crippen LogP contribution in [0.3, 0.4) is 0 Å². The minimum Gasteiger partial charge on any atom is -0.441 e. The van der Waals surface area contributed by atoms with Crippen molar-refractivity contribution in [2.24, 2.45) is 11.6 Å². The van der Waals surface area contributed by atoms with E-state index in [2.05, 4.69) is 21.6 Å².